The molecule has 3 unspecified atom stereocenters. The van der Waals surface area contributed by atoms with E-state index in [0.29, 0.717) is 23.1 Å². The molecule has 0 bridgehead atoms. The third-order valence-electron chi connectivity index (χ3n) is 4.47. The van der Waals surface area contributed by atoms with Gasteiger partial charge in [0.15, 0.2) is 0 Å². The van der Waals surface area contributed by atoms with Gasteiger partial charge in [0.05, 0.1) is 12.7 Å². The predicted molar refractivity (Wildman–Crippen MR) is 78.1 cm³/mol. The fourth-order valence-corrected chi connectivity index (χ4v) is 2.86. The fraction of sp³-hybridized carbons (Fsp3) is 0.562. The fourth-order valence-electron chi connectivity index (χ4n) is 2.86. The maximum absolute atomic E-state index is 12.3. The molecule has 1 aromatic carbocycles. The number of carbonyl (C=O) groups excluding carboxylic acids is 1. The molecule has 0 aliphatic heterocycles. The average Bonchev–Trinajstić information content (AvgIpc) is 2.43. The summed E-state index contributed by atoms with van der Waals surface area (Å²) < 4.78 is 5.02. The first-order chi connectivity index (χ1) is 9.52. The molecule has 1 aliphatic rings. The molecule has 1 aliphatic carbocycles. The Balaban J connectivity index is 2.08. The lowest BCUT2D eigenvalue weighted by Crippen LogP contribution is -2.43. The maximum atomic E-state index is 12.3. The summed E-state index contributed by atoms with van der Waals surface area (Å²) in [6.45, 7) is 4.41. The van der Waals surface area contributed by atoms with E-state index in [1.165, 1.54) is 19.6 Å². The third kappa shape index (κ3) is 3.06. The van der Waals surface area contributed by atoms with Crippen LogP contribution < -0.4 is 10.1 Å². The molecule has 0 heterocycles. The van der Waals surface area contributed by atoms with Crippen LogP contribution in [-0.2, 0) is 0 Å². The predicted octanol–water partition coefficient (Wildman–Crippen LogP) is 2.96. The molecule has 0 saturated heterocycles. The third-order valence-corrected chi connectivity index (χ3v) is 4.47. The van der Waals surface area contributed by atoms with E-state index in [0.717, 1.165) is 12.8 Å². The number of amides is 1. The molecular formula is C16H23NO3. The Morgan fingerprint density at radius 3 is 2.75 bits per heavy atom. The molecular weight excluding hydrogens is 254 g/mol. The highest BCUT2D eigenvalue weighted by atomic mass is 16.5. The van der Waals surface area contributed by atoms with E-state index >= 15 is 0 Å². The van der Waals surface area contributed by atoms with Gasteiger partial charge in [-0.15, -0.1) is 0 Å². The Labute approximate surface area is 120 Å². The van der Waals surface area contributed by atoms with E-state index in [2.05, 4.69) is 19.2 Å². The quantitative estimate of drug-likeness (QED) is 0.893. The number of hydrogen-bond acceptors (Lipinski definition) is 3. The van der Waals surface area contributed by atoms with Gasteiger partial charge in [0.25, 0.3) is 5.91 Å². The summed E-state index contributed by atoms with van der Waals surface area (Å²) in [4.78, 5) is 12.3. The van der Waals surface area contributed by atoms with Crippen LogP contribution in [0.15, 0.2) is 18.2 Å². The van der Waals surface area contributed by atoms with Crippen LogP contribution in [0.25, 0.3) is 0 Å². The minimum atomic E-state index is -0.212. The van der Waals surface area contributed by atoms with Crippen molar-refractivity contribution in [3.63, 3.8) is 0 Å². The van der Waals surface area contributed by atoms with E-state index in [-0.39, 0.29) is 17.7 Å². The second-order valence-corrected chi connectivity index (χ2v) is 5.73. The Kier molecular flexibility index (Phi) is 4.53. The minimum absolute atomic E-state index is 0.0432. The average molecular weight is 277 g/mol. The maximum Gasteiger partial charge on any atom is 0.255 e. The molecule has 1 amide bonds. The number of nitrogens with one attached hydrogen (secondary N) is 1. The molecule has 1 fully saturated rings. The summed E-state index contributed by atoms with van der Waals surface area (Å²) in [5.41, 5.74) is 0.302. The Morgan fingerprint density at radius 1 is 1.35 bits per heavy atom. The summed E-state index contributed by atoms with van der Waals surface area (Å²) >= 11 is 0. The molecule has 20 heavy (non-hydrogen) atoms. The van der Waals surface area contributed by atoms with E-state index in [1.807, 2.05) is 0 Å². The van der Waals surface area contributed by atoms with Gasteiger partial charge in [0, 0.05) is 12.1 Å². The Morgan fingerprint density at radius 2 is 2.10 bits per heavy atom. The number of rotatable bonds is 3. The van der Waals surface area contributed by atoms with Crippen molar-refractivity contribution < 1.29 is 14.6 Å². The van der Waals surface area contributed by atoms with Crippen LogP contribution in [0.3, 0.4) is 0 Å². The first-order valence-electron chi connectivity index (χ1n) is 7.20. The molecule has 3 atom stereocenters. The van der Waals surface area contributed by atoms with Crippen LogP contribution in [0.2, 0.25) is 0 Å². The number of phenols is 1. The van der Waals surface area contributed by atoms with Gasteiger partial charge in [0.1, 0.15) is 11.5 Å². The molecule has 110 valence electrons. The lowest BCUT2D eigenvalue weighted by molar-refractivity contribution is 0.0888. The molecule has 1 saturated carbocycles. The Hall–Kier alpha value is -1.71. The number of benzene rings is 1. The van der Waals surface area contributed by atoms with E-state index < -0.39 is 0 Å². The van der Waals surface area contributed by atoms with Crippen LogP contribution in [0.4, 0.5) is 0 Å². The number of carbonyl (C=O) groups is 1. The SMILES string of the molecule is COc1ccc(C(=O)NC2CCCC(C)C2C)c(O)c1. The zero-order valence-electron chi connectivity index (χ0n) is 12.3. The summed E-state index contributed by atoms with van der Waals surface area (Å²) in [6.07, 6.45) is 3.38. The topological polar surface area (TPSA) is 58.6 Å². The highest BCUT2D eigenvalue weighted by molar-refractivity contribution is 5.97. The lowest BCUT2D eigenvalue weighted by atomic mass is 9.78. The van der Waals surface area contributed by atoms with Crippen LogP contribution in [0.5, 0.6) is 11.5 Å². The molecule has 4 heteroatoms. The molecule has 4 nitrogen and oxygen atoms in total. The number of aromatic hydroxyl groups is 1. The van der Waals surface area contributed by atoms with Crippen molar-refractivity contribution in [2.75, 3.05) is 7.11 Å². The first-order valence-corrected chi connectivity index (χ1v) is 7.20. The standard InChI is InChI=1S/C16H23NO3/c1-10-5-4-6-14(11(10)2)17-16(19)13-8-7-12(20-3)9-15(13)18/h7-11,14,18H,4-6H2,1-3H3,(H,17,19). The normalized spacial score (nSPS) is 26.1. The van der Waals surface area contributed by atoms with Crippen molar-refractivity contribution in [1.29, 1.82) is 0 Å². The summed E-state index contributed by atoms with van der Waals surface area (Å²) in [5, 5.41) is 13.0. The minimum Gasteiger partial charge on any atom is -0.507 e. The van der Waals surface area contributed by atoms with Crippen molar-refractivity contribution >= 4 is 5.91 Å². The van der Waals surface area contributed by atoms with E-state index in [9.17, 15) is 9.90 Å². The smallest absolute Gasteiger partial charge is 0.255 e. The number of ether oxygens (including phenoxy) is 1. The summed E-state index contributed by atoms with van der Waals surface area (Å²) in [6, 6.07) is 4.93. The van der Waals surface area contributed by atoms with Crippen LogP contribution in [0, 0.1) is 11.8 Å². The molecule has 0 spiro atoms. The van der Waals surface area contributed by atoms with Gasteiger partial charge in [-0.25, -0.2) is 0 Å². The van der Waals surface area contributed by atoms with Gasteiger partial charge in [-0.1, -0.05) is 26.7 Å². The highest BCUT2D eigenvalue weighted by Gasteiger charge is 2.28. The lowest BCUT2D eigenvalue weighted by Gasteiger charge is -2.34. The number of hydrogen-bond donors (Lipinski definition) is 2. The van der Waals surface area contributed by atoms with Gasteiger partial charge in [-0.3, -0.25) is 4.79 Å². The summed E-state index contributed by atoms with van der Waals surface area (Å²) in [5.74, 6) is 1.37. The molecule has 2 rings (SSSR count). The summed E-state index contributed by atoms with van der Waals surface area (Å²) in [7, 11) is 1.53. The molecule has 0 radical (unpaired) electrons. The van der Waals surface area contributed by atoms with E-state index in [1.54, 1.807) is 12.1 Å². The second-order valence-electron chi connectivity index (χ2n) is 5.73. The van der Waals surface area contributed by atoms with Crippen molar-refractivity contribution in [2.24, 2.45) is 11.8 Å². The Bertz CT molecular complexity index is 487. The van der Waals surface area contributed by atoms with Crippen LogP contribution in [-0.4, -0.2) is 24.2 Å². The van der Waals surface area contributed by atoms with Crippen molar-refractivity contribution in [3.8, 4) is 11.5 Å². The monoisotopic (exact) mass is 277 g/mol. The van der Waals surface area contributed by atoms with Crippen molar-refractivity contribution in [1.82, 2.24) is 5.32 Å². The number of methoxy groups -OCH3 is 1. The molecule has 1 aromatic rings. The van der Waals surface area contributed by atoms with Crippen LogP contribution in [0.1, 0.15) is 43.5 Å². The van der Waals surface area contributed by atoms with Gasteiger partial charge in [-0.05, 0) is 30.4 Å². The van der Waals surface area contributed by atoms with Gasteiger partial charge in [-0.2, -0.15) is 0 Å². The number of phenolic OH excluding ortho intramolecular Hbond substituents is 1. The zero-order valence-corrected chi connectivity index (χ0v) is 12.3. The van der Waals surface area contributed by atoms with Crippen LogP contribution >= 0.6 is 0 Å². The molecule has 0 aromatic heterocycles. The van der Waals surface area contributed by atoms with Gasteiger partial charge in [0.2, 0.25) is 0 Å². The van der Waals surface area contributed by atoms with E-state index in [4.69, 9.17) is 4.74 Å². The highest BCUT2D eigenvalue weighted by Crippen LogP contribution is 2.30. The first kappa shape index (κ1) is 14.7. The van der Waals surface area contributed by atoms with Crippen molar-refractivity contribution in [3.05, 3.63) is 23.8 Å². The largest absolute Gasteiger partial charge is 0.507 e. The molecule has 2 N–H and O–H groups in total. The van der Waals surface area contributed by atoms with Crippen molar-refractivity contribution in [2.45, 2.75) is 39.2 Å². The zero-order chi connectivity index (χ0) is 14.7. The van der Waals surface area contributed by atoms with Gasteiger partial charge < -0.3 is 15.2 Å². The second kappa shape index (κ2) is 6.16. The van der Waals surface area contributed by atoms with Gasteiger partial charge >= 0.3 is 0 Å².